The van der Waals surface area contributed by atoms with Crippen LogP contribution < -0.4 is 0 Å². The topological polar surface area (TPSA) is 64.2 Å². The number of hydrogen-bond acceptors (Lipinski definition) is 4. The molecule has 3 aromatic rings. The standard InChI is InChI=1S/C18H18N4O2/c1-2-15-19-20-16-12-21(9-10-22(15)16)18(23)17-14(8-11-24-17)13-6-4-3-5-7-13/h3-8,11H,2,9-10,12H2,1H3. The van der Waals surface area contributed by atoms with Crippen LogP contribution in [0.2, 0.25) is 0 Å². The molecule has 1 aromatic carbocycles. The highest BCUT2D eigenvalue weighted by Gasteiger charge is 2.28. The molecule has 24 heavy (non-hydrogen) atoms. The predicted octanol–water partition coefficient (Wildman–Crippen LogP) is 2.76. The Morgan fingerprint density at radius 1 is 1.17 bits per heavy atom. The van der Waals surface area contributed by atoms with Gasteiger partial charge in [-0.3, -0.25) is 4.79 Å². The smallest absolute Gasteiger partial charge is 0.290 e. The van der Waals surface area contributed by atoms with E-state index in [0.717, 1.165) is 35.7 Å². The molecule has 6 heteroatoms. The molecule has 4 rings (SSSR count). The molecule has 0 radical (unpaired) electrons. The molecular formula is C18H18N4O2. The normalized spacial score (nSPS) is 13.8. The maximum Gasteiger partial charge on any atom is 0.290 e. The van der Waals surface area contributed by atoms with E-state index in [9.17, 15) is 4.79 Å². The van der Waals surface area contributed by atoms with E-state index in [0.29, 0.717) is 18.8 Å². The molecule has 0 aliphatic carbocycles. The zero-order valence-electron chi connectivity index (χ0n) is 13.5. The second-order valence-corrected chi connectivity index (χ2v) is 5.79. The number of aromatic nitrogens is 3. The van der Waals surface area contributed by atoms with Gasteiger partial charge in [-0.1, -0.05) is 37.3 Å². The highest BCUT2D eigenvalue weighted by atomic mass is 16.3. The molecule has 3 heterocycles. The zero-order valence-corrected chi connectivity index (χ0v) is 13.5. The summed E-state index contributed by atoms with van der Waals surface area (Å²) in [6, 6.07) is 11.6. The molecule has 1 aliphatic rings. The molecule has 0 saturated heterocycles. The minimum atomic E-state index is -0.105. The van der Waals surface area contributed by atoms with Crippen LogP contribution in [0, 0.1) is 0 Å². The molecule has 0 fully saturated rings. The summed E-state index contributed by atoms with van der Waals surface area (Å²) >= 11 is 0. The lowest BCUT2D eigenvalue weighted by atomic mass is 10.1. The van der Waals surface area contributed by atoms with Crippen LogP contribution in [-0.2, 0) is 19.5 Å². The summed E-state index contributed by atoms with van der Waals surface area (Å²) in [7, 11) is 0. The van der Waals surface area contributed by atoms with Crippen LogP contribution in [0.1, 0.15) is 29.1 Å². The number of aryl methyl sites for hydroxylation is 1. The summed E-state index contributed by atoms with van der Waals surface area (Å²) in [5, 5.41) is 8.40. The SMILES string of the molecule is CCc1nnc2n1CCN(C(=O)c1occc1-c1ccccc1)C2. The highest BCUT2D eigenvalue weighted by Crippen LogP contribution is 2.27. The summed E-state index contributed by atoms with van der Waals surface area (Å²) in [6.07, 6.45) is 2.41. The predicted molar refractivity (Wildman–Crippen MR) is 88.3 cm³/mol. The Balaban J connectivity index is 1.61. The summed E-state index contributed by atoms with van der Waals surface area (Å²) in [6.45, 7) is 3.87. The number of fused-ring (bicyclic) bond motifs is 1. The maximum atomic E-state index is 12.9. The van der Waals surface area contributed by atoms with Gasteiger partial charge in [-0.15, -0.1) is 10.2 Å². The van der Waals surface area contributed by atoms with Crippen molar-refractivity contribution in [2.24, 2.45) is 0 Å². The van der Waals surface area contributed by atoms with Crippen LogP contribution in [0.5, 0.6) is 0 Å². The number of hydrogen-bond donors (Lipinski definition) is 0. The largest absolute Gasteiger partial charge is 0.459 e. The van der Waals surface area contributed by atoms with E-state index in [-0.39, 0.29) is 5.91 Å². The molecule has 0 bridgehead atoms. The molecular weight excluding hydrogens is 304 g/mol. The molecule has 6 nitrogen and oxygen atoms in total. The van der Waals surface area contributed by atoms with Crippen molar-refractivity contribution in [3.05, 3.63) is 60.1 Å². The Morgan fingerprint density at radius 2 is 2.00 bits per heavy atom. The first kappa shape index (κ1) is 14.7. The van der Waals surface area contributed by atoms with Crippen LogP contribution in [0.15, 0.2) is 47.1 Å². The number of furan rings is 1. The van der Waals surface area contributed by atoms with E-state index in [1.54, 1.807) is 11.2 Å². The number of rotatable bonds is 3. The Kier molecular flexibility index (Phi) is 3.65. The van der Waals surface area contributed by atoms with Crippen molar-refractivity contribution in [1.29, 1.82) is 0 Å². The fraction of sp³-hybridized carbons (Fsp3) is 0.278. The Morgan fingerprint density at radius 3 is 2.79 bits per heavy atom. The van der Waals surface area contributed by atoms with Gasteiger partial charge in [0.25, 0.3) is 5.91 Å². The molecule has 0 atom stereocenters. The van der Waals surface area contributed by atoms with Crippen LogP contribution in [0.4, 0.5) is 0 Å². The average molecular weight is 322 g/mol. The van der Waals surface area contributed by atoms with Crippen molar-refractivity contribution in [2.75, 3.05) is 6.54 Å². The molecule has 1 amide bonds. The van der Waals surface area contributed by atoms with Gasteiger partial charge in [-0.25, -0.2) is 0 Å². The first-order chi connectivity index (χ1) is 11.8. The molecule has 0 spiro atoms. The Labute approximate surface area is 139 Å². The van der Waals surface area contributed by atoms with Crippen molar-refractivity contribution >= 4 is 5.91 Å². The summed E-state index contributed by atoms with van der Waals surface area (Å²) in [4.78, 5) is 14.7. The molecule has 2 aromatic heterocycles. The van der Waals surface area contributed by atoms with Gasteiger partial charge in [0.05, 0.1) is 12.8 Å². The molecule has 0 N–H and O–H groups in total. The molecule has 1 aliphatic heterocycles. The Hall–Kier alpha value is -2.89. The number of amides is 1. The van der Waals surface area contributed by atoms with Gasteiger partial charge in [0.2, 0.25) is 0 Å². The average Bonchev–Trinajstić information content (AvgIpc) is 3.28. The van der Waals surface area contributed by atoms with Crippen LogP contribution >= 0.6 is 0 Å². The quantitative estimate of drug-likeness (QED) is 0.744. The third kappa shape index (κ3) is 2.40. The zero-order chi connectivity index (χ0) is 16.5. The third-order valence-corrected chi connectivity index (χ3v) is 4.38. The van der Waals surface area contributed by atoms with E-state index in [1.807, 2.05) is 36.4 Å². The number of carbonyl (C=O) groups is 1. The lowest BCUT2D eigenvalue weighted by molar-refractivity contribution is 0.0675. The molecule has 122 valence electrons. The minimum Gasteiger partial charge on any atom is -0.459 e. The van der Waals surface area contributed by atoms with Crippen molar-refractivity contribution in [3.8, 4) is 11.1 Å². The van der Waals surface area contributed by atoms with Crippen LogP contribution in [-0.4, -0.2) is 32.1 Å². The minimum absolute atomic E-state index is 0.105. The van der Waals surface area contributed by atoms with Crippen molar-refractivity contribution < 1.29 is 9.21 Å². The van der Waals surface area contributed by atoms with Crippen LogP contribution in [0.25, 0.3) is 11.1 Å². The van der Waals surface area contributed by atoms with E-state index >= 15 is 0 Å². The summed E-state index contributed by atoms with van der Waals surface area (Å²) in [5.74, 6) is 2.08. The maximum absolute atomic E-state index is 12.9. The lowest BCUT2D eigenvalue weighted by Gasteiger charge is -2.27. The van der Waals surface area contributed by atoms with Crippen molar-refractivity contribution in [1.82, 2.24) is 19.7 Å². The van der Waals surface area contributed by atoms with Crippen molar-refractivity contribution in [2.45, 2.75) is 26.4 Å². The van der Waals surface area contributed by atoms with Crippen molar-refractivity contribution in [3.63, 3.8) is 0 Å². The lowest BCUT2D eigenvalue weighted by Crippen LogP contribution is -2.38. The van der Waals surface area contributed by atoms with Crippen LogP contribution in [0.3, 0.4) is 0 Å². The number of nitrogens with zero attached hydrogens (tertiary/aromatic N) is 4. The molecule has 0 unspecified atom stereocenters. The van der Waals surface area contributed by atoms with Gasteiger partial charge in [-0.2, -0.15) is 0 Å². The molecule has 0 saturated carbocycles. The van der Waals surface area contributed by atoms with E-state index in [4.69, 9.17) is 4.42 Å². The van der Waals surface area contributed by atoms with Gasteiger partial charge in [0.15, 0.2) is 11.6 Å². The van der Waals surface area contributed by atoms with Gasteiger partial charge in [0.1, 0.15) is 5.82 Å². The van der Waals surface area contributed by atoms with E-state index in [1.165, 1.54) is 0 Å². The van der Waals surface area contributed by atoms with Gasteiger partial charge >= 0.3 is 0 Å². The Bertz CT molecular complexity index is 866. The second kappa shape index (κ2) is 5.96. The van der Waals surface area contributed by atoms with E-state index in [2.05, 4.69) is 21.7 Å². The van der Waals surface area contributed by atoms with Gasteiger partial charge < -0.3 is 13.9 Å². The number of benzene rings is 1. The number of carbonyl (C=O) groups excluding carboxylic acids is 1. The first-order valence-corrected chi connectivity index (χ1v) is 8.11. The van der Waals surface area contributed by atoms with E-state index < -0.39 is 0 Å². The summed E-state index contributed by atoms with van der Waals surface area (Å²) < 4.78 is 7.62. The second-order valence-electron chi connectivity index (χ2n) is 5.79. The van der Waals surface area contributed by atoms with Gasteiger partial charge in [-0.05, 0) is 11.6 Å². The summed E-state index contributed by atoms with van der Waals surface area (Å²) in [5.41, 5.74) is 1.80. The monoisotopic (exact) mass is 322 g/mol. The fourth-order valence-electron chi connectivity index (χ4n) is 3.12. The first-order valence-electron chi connectivity index (χ1n) is 8.11. The van der Waals surface area contributed by atoms with Gasteiger partial charge in [0, 0.05) is 25.1 Å². The highest BCUT2D eigenvalue weighted by molar-refractivity contribution is 5.98. The fourth-order valence-corrected chi connectivity index (χ4v) is 3.12. The third-order valence-electron chi connectivity index (χ3n) is 4.38.